The molecule has 5 nitrogen and oxygen atoms in total. The Balaban J connectivity index is 1.89. The van der Waals surface area contributed by atoms with Gasteiger partial charge in [0.15, 0.2) is 6.61 Å². The number of rotatable bonds is 6. The quantitative estimate of drug-likeness (QED) is 0.783. The van der Waals surface area contributed by atoms with Gasteiger partial charge in [-0.05, 0) is 42.0 Å². The number of methoxy groups -OCH3 is 1. The number of carbonyl (C=O) groups is 2. The normalized spacial score (nSPS) is 11.8. The van der Waals surface area contributed by atoms with Crippen molar-refractivity contribution in [3.63, 3.8) is 0 Å². The van der Waals surface area contributed by atoms with Crippen LogP contribution in [-0.2, 0) is 14.3 Å². The van der Waals surface area contributed by atoms with E-state index in [1.54, 1.807) is 6.92 Å². The number of esters is 1. The van der Waals surface area contributed by atoms with Gasteiger partial charge >= 0.3 is 5.97 Å². The number of ether oxygens (including phenoxy) is 2. The standard InChI is InChI=1S/C17H18BrNO4/c1-11(7-17(21)22-2)19-16(20)10-23-15-6-4-12-8-14(18)5-3-13(12)9-15/h3-6,8-9,11H,7,10H2,1-2H3,(H,19,20). The Labute approximate surface area is 143 Å². The molecule has 1 atom stereocenters. The van der Waals surface area contributed by atoms with Gasteiger partial charge in [-0.15, -0.1) is 0 Å². The van der Waals surface area contributed by atoms with E-state index in [4.69, 9.17) is 4.74 Å². The van der Waals surface area contributed by atoms with Gasteiger partial charge in [0.2, 0.25) is 0 Å². The van der Waals surface area contributed by atoms with E-state index in [2.05, 4.69) is 26.0 Å². The Morgan fingerprint density at radius 3 is 2.61 bits per heavy atom. The molecule has 1 unspecified atom stereocenters. The van der Waals surface area contributed by atoms with E-state index in [1.165, 1.54) is 7.11 Å². The fourth-order valence-corrected chi connectivity index (χ4v) is 2.51. The van der Waals surface area contributed by atoms with Crippen LogP contribution in [0.4, 0.5) is 0 Å². The van der Waals surface area contributed by atoms with Crippen molar-refractivity contribution < 1.29 is 19.1 Å². The van der Waals surface area contributed by atoms with E-state index in [1.807, 2.05) is 36.4 Å². The van der Waals surface area contributed by atoms with Gasteiger partial charge in [-0.2, -0.15) is 0 Å². The van der Waals surface area contributed by atoms with Crippen LogP contribution in [0.3, 0.4) is 0 Å². The number of hydrogen-bond donors (Lipinski definition) is 1. The summed E-state index contributed by atoms with van der Waals surface area (Å²) in [7, 11) is 1.32. The van der Waals surface area contributed by atoms with Crippen LogP contribution in [0.15, 0.2) is 40.9 Å². The van der Waals surface area contributed by atoms with Crippen LogP contribution >= 0.6 is 15.9 Å². The summed E-state index contributed by atoms with van der Waals surface area (Å²) < 4.78 is 11.1. The predicted molar refractivity (Wildman–Crippen MR) is 91.4 cm³/mol. The maximum atomic E-state index is 11.8. The second-order valence-electron chi connectivity index (χ2n) is 5.19. The van der Waals surface area contributed by atoms with Gasteiger partial charge in [-0.3, -0.25) is 9.59 Å². The van der Waals surface area contributed by atoms with E-state index < -0.39 is 0 Å². The summed E-state index contributed by atoms with van der Waals surface area (Å²) in [4.78, 5) is 22.9. The van der Waals surface area contributed by atoms with Crippen LogP contribution in [0.1, 0.15) is 13.3 Å². The minimum Gasteiger partial charge on any atom is -0.484 e. The average molecular weight is 380 g/mol. The molecular weight excluding hydrogens is 362 g/mol. The molecule has 122 valence electrons. The summed E-state index contributed by atoms with van der Waals surface area (Å²) in [6.07, 6.45) is 0.132. The first-order valence-electron chi connectivity index (χ1n) is 7.16. The molecule has 2 aromatic carbocycles. The van der Waals surface area contributed by atoms with Crippen molar-refractivity contribution in [1.29, 1.82) is 0 Å². The van der Waals surface area contributed by atoms with Crippen molar-refractivity contribution in [3.05, 3.63) is 40.9 Å². The van der Waals surface area contributed by atoms with E-state index in [0.717, 1.165) is 15.2 Å². The van der Waals surface area contributed by atoms with Crippen LogP contribution < -0.4 is 10.1 Å². The lowest BCUT2D eigenvalue weighted by Crippen LogP contribution is -2.37. The first kappa shape index (κ1) is 17.3. The lowest BCUT2D eigenvalue weighted by atomic mass is 10.1. The molecular formula is C17H18BrNO4. The molecule has 0 aromatic heterocycles. The molecule has 0 aliphatic carbocycles. The minimum atomic E-state index is -0.362. The highest BCUT2D eigenvalue weighted by Crippen LogP contribution is 2.24. The number of benzene rings is 2. The molecule has 2 aromatic rings. The molecule has 0 radical (unpaired) electrons. The molecule has 0 bridgehead atoms. The topological polar surface area (TPSA) is 64.6 Å². The monoisotopic (exact) mass is 379 g/mol. The Kier molecular flexibility index (Phi) is 5.98. The summed E-state index contributed by atoms with van der Waals surface area (Å²) in [6.45, 7) is 1.64. The molecule has 1 N–H and O–H groups in total. The number of halogens is 1. The Bertz CT molecular complexity index is 717. The highest BCUT2D eigenvalue weighted by molar-refractivity contribution is 9.10. The van der Waals surface area contributed by atoms with Crippen molar-refractivity contribution >= 4 is 38.6 Å². The van der Waals surface area contributed by atoms with Gasteiger partial charge in [0.1, 0.15) is 5.75 Å². The predicted octanol–water partition coefficient (Wildman–Crippen LogP) is 3.05. The van der Waals surface area contributed by atoms with Crippen molar-refractivity contribution in [2.75, 3.05) is 13.7 Å². The zero-order valence-corrected chi connectivity index (χ0v) is 14.6. The Morgan fingerprint density at radius 1 is 1.17 bits per heavy atom. The third kappa shape index (κ3) is 5.25. The molecule has 0 heterocycles. The number of amides is 1. The largest absolute Gasteiger partial charge is 0.484 e. The summed E-state index contributed by atoms with van der Waals surface area (Å²) in [5, 5.41) is 4.81. The van der Waals surface area contributed by atoms with Crippen LogP contribution in [0.25, 0.3) is 10.8 Å². The van der Waals surface area contributed by atoms with Gasteiger partial charge in [0.25, 0.3) is 5.91 Å². The highest BCUT2D eigenvalue weighted by atomic mass is 79.9. The van der Waals surface area contributed by atoms with E-state index in [9.17, 15) is 9.59 Å². The number of hydrogen-bond acceptors (Lipinski definition) is 4. The SMILES string of the molecule is COC(=O)CC(C)NC(=O)COc1ccc2cc(Br)ccc2c1. The fourth-order valence-electron chi connectivity index (χ4n) is 2.13. The van der Waals surface area contributed by atoms with Crippen LogP contribution in [-0.4, -0.2) is 31.6 Å². The molecule has 0 spiro atoms. The molecule has 0 fully saturated rings. The van der Waals surface area contributed by atoms with E-state index >= 15 is 0 Å². The average Bonchev–Trinajstić information content (AvgIpc) is 2.52. The van der Waals surface area contributed by atoms with Crippen LogP contribution in [0.5, 0.6) is 5.75 Å². The van der Waals surface area contributed by atoms with Crippen molar-refractivity contribution in [3.8, 4) is 5.75 Å². The van der Waals surface area contributed by atoms with Gasteiger partial charge in [0.05, 0.1) is 13.5 Å². The smallest absolute Gasteiger partial charge is 0.307 e. The van der Waals surface area contributed by atoms with Crippen LogP contribution in [0.2, 0.25) is 0 Å². The second-order valence-corrected chi connectivity index (χ2v) is 6.11. The van der Waals surface area contributed by atoms with Gasteiger partial charge in [0, 0.05) is 10.5 Å². The molecule has 1 amide bonds. The first-order valence-corrected chi connectivity index (χ1v) is 7.95. The van der Waals surface area contributed by atoms with Gasteiger partial charge in [-0.25, -0.2) is 0 Å². The lowest BCUT2D eigenvalue weighted by Gasteiger charge is -2.13. The maximum Gasteiger partial charge on any atom is 0.307 e. The van der Waals surface area contributed by atoms with E-state index in [-0.39, 0.29) is 30.9 Å². The van der Waals surface area contributed by atoms with Crippen LogP contribution in [0, 0.1) is 0 Å². The zero-order valence-electron chi connectivity index (χ0n) is 13.0. The van der Waals surface area contributed by atoms with Crippen molar-refractivity contribution in [2.24, 2.45) is 0 Å². The molecule has 2 rings (SSSR count). The number of carbonyl (C=O) groups excluding carboxylic acids is 2. The molecule has 0 aliphatic heterocycles. The molecule has 0 saturated carbocycles. The fraction of sp³-hybridized carbons (Fsp3) is 0.294. The summed E-state index contributed by atoms with van der Waals surface area (Å²) in [5.74, 6) is -0.0210. The molecule has 0 aliphatic rings. The Morgan fingerprint density at radius 2 is 1.87 bits per heavy atom. The minimum absolute atomic E-state index is 0.104. The molecule has 6 heteroatoms. The third-order valence-electron chi connectivity index (χ3n) is 3.25. The van der Waals surface area contributed by atoms with Crippen molar-refractivity contribution in [1.82, 2.24) is 5.32 Å². The zero-order chi connectivity index (χ0) is 16.8. The maximum absolute atomic E-state index is 11.8. The summed E-state index contributed by atoms with van der Waals surface area (Å²) in [6, 6.07) is 11.3. The Hall–Kier alpha value is -2.08. The number of fused-ring (bicyclic) bond motifs is 1. The first-order chi connectivity index (χ1) is 11.0. The summed E-state index contributed by atoms with van der Waals surface area (Å²) in [5.41, 5.74) is 0. The van der Waals surface area contributed by atoms with Crippen molar-refractivity contribution in [2.45, 2.75) is 19.4 Å². The molecule has 23 heavy (non-hydrogen) atoms. The third-order valence-corrected chi connectivity index (χ3v) is 3.74. The van der Waals surface area contributed by atoms with Gasteiger partial charge in [-0.1, -0.05) is 28.1 Å². The lowest BCUT2D eigenvalue weighted by molar-refractivity contribution is -0.141. The second kappa shape index (κ2) is 7.97. The number of nitrogens with one attached hydrogen (secondary N) is 1. The van der Waals surface area contributed by atoms with E-state index in [0.29, 0.717) is 5.75 Å². The summed E-state index contributed by atoms with van der Waals surface area (Å²) >= 11 is 3.43. The highest BCUT2D eigenvalue weighted by Gasteiger charge is 2.12. The molecule has 0 saturated heterocycles. The van der Waals surface area contributed by atoms with Gasteiger partial charge < -0.3 is 14.8 Å².